The van der Waals surface area contributed by atoms with Crippen LogP contribution in [0.15, 0.2) is 27.8 Å². The fourth-order valence-electron chi connectivity index (χ4n) is 3.89. The van der Waals surface area contributed by atoms with Gasteiger partial charge in [0.05, 0.1) is 10.9 Å². The lowest BCUT2D eigenvalue weighted by atomic mass is 10.1. The molecule has 1 saturated carbocycles. The van der Waals surface area contributed by atoms with Crippen LogP contribution in [-0.4, -0.2) is 31.1 Å². The first-order chi connectivity index (χ1) is 13.5. The predicted octanol–water partition coefficient (Wildman–Crippen LogP) is 2.06. The number of carbonyl (C=O) groups is 1. The molecule has 0 unspecified atom stereocenters. The molecular formula is C20H25N5O3. The summed E-state index contributed by atoms with van der Waals surface area (Å²) in [6.07, 6.45) is 5.04. The van der Waals surface area contributed by atoms with Crippen LogP contribution in [0.5, 0.6) is 0 Å². The zero-order valence-corrected chi connectivity index (χ0v) is 16.2. The van der Waals surface area contributed by atoms with Gasteiger partial charge in [-0.25, -0.2) is 14.3 Å². The number of rotatable bonds is 5. The van der Waals surface area contributed by atoms with Crippen molar-refractivity contribution >= 4 is 22.6 Å². The van der Waals surface area contributed by atoms with E-state index in [1.165, 1.54) is 8.97 Å². The van der Waals surface area contributed by atoms with Crippen molar-refractivity contribution < 1.29 is 4.79 Å². The number of nitrogens with zero attached hydrogens (tertiary/aromatic N) is 3. The second-order valence-corrected chi connectivity index (χ2v) is 7.99. The number of H-pyrrole nitrogens is 1. The molecule has 8 heteroatoms. The number of aromatic amines is 1. The van der Waals surface area contributed by atoms with Gasteiger partial charge in [-0.05, 0) is 43.4 Å². The minimum Gasteiger partial charge on any atom is -0.349 e. The molecule has 4 rings (SSSR count). The van der Waals surface area contributed by atoms with E-state index < -0.39 is 5.69 Å². The van der Waals surface area contributed by atoms with Crippen molar-refractivity contribution in [3.63, 3.8) is 0 Å². The summed E-state index contributed by atoms with van der Waals surface area (Å²) in [6, 6.07) is 5.09. The molecule has 28 heavy (non-hydrogen) atoms. The Bertz CT molecular complexity index is 1150. The standard InChI is InChI=1S/C20H25N5O3/c1-12(2)9-10-24-18(27)15-8-7-13(17(26)21-14-5-3-4-6-14)11-16(15)25-19(24)22-23-20(25)28/h7-8,11-12,14H,3-6,9-10H2,1-2H3,(H,21,26)(H,23,28). The molecule has 3 aromatic rings. The SMILES string of the molecule is CC(C)CCn1c(=O)c2ccc(C(=O)NC3CCCC3)cc2n2c(=O)[nH]nc12. The molecule has 148 valence electrons. The van der Waals surface area contributed by atoms with Crippen molar-refractivity contribution in [2.24, 2.45) is 5.92 Å². The molecule has 2 N–H and O–H groups in total. The third-order valence-corrected chi connectivity index (χ3v) is 5.49. The van der Waals surface area contributed by atoms with Gasteiger partial charge in [-0.1, -0.05) is 26.7 Å². The molecule has 1 aliphatic carbocycles. The van der Waals surface area contributed by atoms with Crippen LogP contribution in [0.2, 0.25) is 0 Å². The molecule has 0 saturated heterocycles. The first kappa shape index (κ1) is 18.5. The van der Waals surface area contributed by atoms with Crippen molar-refractivity contribution in [3.8, 4) is 0 Å². The summed E-state index contributed by atoms with van der Waals surface area (Å²) in [5, 5.41) is 9.92. The van der Waals surface area contributed by atoms with Crippen LogP contribution in [0.3, 0.4) is 0 Å². The van der Waals surface area contributed by atoms with Crippen molar-refractivity contribution in [2.45, 2.75) is 58.5 Å². The first-order valence-corrected chi connectivity index (χ1v) is 9.90. The Kier molecular flexibility index (Phi) is 4.78. The molecule has 1 fully saturated rings. The highest BCUT2D eigenvalue weighted by Gasteiger charge is 2.20. The quantitative estimate of drug-likeness (QED) is 0.704. The Balaban J connectivity index is 1.82. The number of aromatic nitrogens is 4. The monoisotopic (exact) mass is 383 g/mol. The van der Waals surface area contributed by atoms with E-state index in [0.29, 0.717) is 28.9 Å². The van der Waals surface area contributed by atoms with E-state index in [1.54, 1.807) is 18.2 Å². The highest BCUT2D eigenvalue weighted by Crippen LogP contribution is 2.19. The predicted molar refractivity (Wildman–Crippen MR) is 107 cm³/mol. The molecular weight excluding hydrogens is 358 g/mol. The van der Waals surface area contributed by atoms with E-state index in [2.05, 4.69) is 29.4 Å². The maximum Gasteiger partial charge on any atom is 0.349 e. The molecule has 8 nitrogen and oxygen atoms in total. The third kappa shape index (κ3) is 3.23. The summed E-state index contributed by atoms with van der Waals surface area (Å²) < 4.78 is 2.90. The zero-order valence-electron chi connectivity index (χ0n) is 16.2. The van der Waals surface area contributed by atoms with E-state index in [9.17, 15) is 14.4 Å². The summed E-state index contributed by atoms with van der Waals surface area (Å²) in [7, 11) is 0. The zero-order chi connectivity index (χ0) is 19.8. The molecule has 0 bridgehead atoms. The molecule has 0 spiro atoms. The number of fused-ring (bicyclic) bond motifs is 3. The van der Waals surface area contributed by atoms with Crippen molar-refractivity contribution in [1.82, 2.24) is 24.5 Å². The summed E-state index contributed by atoms with van der Waals surface area (Å²) in [4.78, 5) is 38.0. The topological polar surface area (TPSA) is 101 Å². The normalized spacial score (nSPS) is 15.1. The average molecular weight is 383 g/mol. The molecule has 0 aliphatic heterocycles. The second-order valence-electron chi connectivity index (χ2n) is 7.99. The minimum atomic E-state index is -0.424. The second kappa shape index (κ2) is 7.26. The van der Waals surface area contributed by atoms with Crippen LogP contribution < -0.4 is 16.6 Å². The van der Waals surface area contributed by atoms with E-state index in [-0.39, 0.29) is 23.3 Å². The minimum absolute atomic E-state index is 0.178. The Morgan fingerprint density at radius 3 is 2.75 bits per heavy atom. The van der Waals surface area contributed by atoms with Gasteiger partial charge in [0.2, 0.25) is 5.78 Å². The lowest BCUT2D eigenvalue weighted by molar-refractivity contribution is 0.0938. The van der Waals surface area contributed by atoms with Crippen LogP contribution in [0.25, 0.3) is 16.7 Å². The number of nitrogens with one attached hydrogen (secondary N) is 2. The molecule has 0 atom stereocenters. The molecule has 1 amide bonds. The van der Waals surface area contributed by atoms with Gasteiger partial charge in [0.1, 0.15) is 0 Å². The summed E-state index contributed by atoms with van der Waals surface area (Å²) >= 11 is 0. The van der Waals surface area contributed by atoms with Crippen LogP contribution in [0.1, 0.15) is 56.3 Å². The van der Waals surface area contributed by atoms with E-state index in [1.807, 2.05) is 0 Å². The van der Waals surface area contributed by atoms with Crippen molar-refractivity contribution in [1.29, 1.82) is 0 Å². The van der Waals surface area contributed by atoms with Crippen LogP contribution >= 0.6 is 0 Å². The van der Waals surface area contributed by atoms with E-state index in [0.717, 1.165) is 32.1 Å². The highest BCUT2D eigenvalue weighted by molar-refractivity contribution is 5.98. The largest absolute Gasteiger partial charge is 0.349 e. The smallest absolute Gasteiger partial charge is 0.349 e. The van der Waals surface area contributed by atoms with Gasteiger partial charge in [-0.15, -0.1) is 5.10 Å². The van der Waals surface area contributed by atoms with Gasteiger partial charge < -0.3 is 5.32 Å². The van der Waals surface area contributed by atoms with Crippen LogP contribution in [0.4, 0.5) is 0 Å². The van der Waals surface area contributed by atoms with E-state index >= 15 is 0 Å². The van der Waals surface area contributed by atoms with Gasteiger partial charge in [-0.3, -0.25) is 14.2 Å². The maximum absolute atomic E-state index is 13.0. The fourth-order valence-corrected chi connectivity index (χ4v) is 3.89. The Labute approximate surface area is 161 Å². The van der Waals surface area contributed by atoms with Crippen molar-refractivity contribution in [3.05, 3.63) is 44.6 Å². The third-order valence-electron chi connectivity index (χ3n) is 5.49. The van der Waals surface area contributed by atoms with Gasteiger partial charge >= 0.3 is 5.69 Å². The molecule has 2 heterocycles. The highest BCUT2D eigenvalue weighted by atomic mass is 16.2. The van der Waals surface area contributed by atoms with Gasteiger partial charge in [-0.2, -0.15) is 0 Å². The Morgan fingerprint density at radius 1 is 1.29 bits per heavy atom. The molecule has 1 aliphatic rings. The van der Waals surface area contributed by atoms with Crippen LogP contribution in [0, 0.1) is 5.92 Å². The molecule has 2 aromatic heterocycles. The fraction of sp³-hybridized carbons (Fsp3) is 0.500. The lowest BCUT2D eigenvalue weighted by Gasteiger charge is -2.14. The number of aryl methyl sites for hydroxylation is 1. The number of hydrogen-bond acceptors (Lipinski definition) is 4. The van der Waals surface area contributed by atoms with E-state index in [4.69, 9.17) is 0 Å². The summed E-state index contributed by atoms with van der Waals surface area (Å²) in [5.74, 6) is 0.508. The van der Waals surface area contributed by atoms with Gasteiger partial charge in [0.25, 0.3) is 11.5 Å². The first-order valence-electron chi connectivity index (χ1n) is 9.90. The lowest BCUT2D eigenvalue weighted by Crippen LogP contribution is -2.32. The van der Waals surface area contributed by atoms with Gasteiger partial charge in [0.15, 0.2) is 0 Å². The number of benzene rings is 1. The Morgan fingerprint density at radius 2 is 2.04 bits per heavy atom. The molecule has 0 radical (unpaired) electrons. The summed E-state index contributed by atoms with van der Waals surface area (Å²) in [5.41, 5.74) is 0.211. The maximum atomic E-state index is 13.0. The van der Waals surface area contributed by atoms with Crippen molar-refractivity contribution in [2.75, 3.05) is 0 Å². The number of carbonyl (C=O) groups excluding carboxylic acids is 1. The van der Waals surface area contributed by atoms with Gasteiger partial charge in [0, 0.05) is 18.2 Å². The number of amides is 1. The summed E-state index contributed by atoms with van der Waals surface area (Å²) in [6.45, 7) is 4.63. The van der Waals surface area contributed by atoms with Crippen LogP contribution in [-0.2, 0) is 6.54 Å². The Hall–Kier alpha value is -2.90. The molecule has 1 aromatic carbocycles. The average Bonchev–Trinajstić information content (AvgIpc) is 3.31. The number of hydrogen-bond donors (Lipinski definition) is 2.